The summed E-state index contributed by atoms with van der Waals surface area (Å²) >= 11 is 1.22. The lowest BCUT2D eigenvalue weighted by molar-refractivity contribution is -0.144. The predicted molar refractivity (Wildman–Crippen MR) is 143 cm³/mol. The van der Waals surface area contributed by atoms with Crippen molar-refractivity contribution in [2.24, 2.45) is 5.92 Å². The fourth-order valence-corrected chi connectivity index (χ4v) is 6.85. The molecule has 1 N–H and O–H groups in total. The van der Waals surface area contributed by atoms with E-state index in [1.807, 2.05) is 6.08 Å². The molecule has 0 unspecified atom stereocenters. The van der Waals surface area contributed by atoms with Crippen LogP contribution in [0.25, 0.3) is 5.57 Å². The molecule has 38 heavy (non-hydrogen) atoms. The number of nitrogens with one attached hydrogen (secondary N) is 1. The highest BCUT2D eigenvalue weighted by Crippen LogP contribution is 2.35. The standard InChI is InChI=1S/C27H32N2O7S2/c1-17(30)35-14-21(15-36-18(2)31)25-16-37-27(28-25)29-26(32)24(13-19-5-3-4-6-19)20-7-9-22(10-8-20)38(33,34)23-11-12-23/h7-10,13,16,19,21,23H,3-6,11-12,14-15H2,1-2H3,(H,28,29,32). The molecule has 2 saturated carbocycles. The summed E-state index contributed by atoms with van der Waals surface area (Å²) in [4.78, 5) is 40.8. The SMILES string of the molecule is CC(=O)OCC(COC(C)=O)c1csc(NC(=O)C(=CC2CCCC2)c2ccc(S(=O)(=O)C3CC3)cc2)n1. The maximum atomic E-state index is 13.4. The van der Waals surface area contributed by atoms with Gasteiger partial charge in [-0.25, -0.2) is 13.4 Å². The van der Waals surface area contributed by atoms with Crippen LogP contribution in [0.5, 0.6) is 0 Å². The molecule has 0 saturated heterocycles. The minimum absolute atomic E-state index is 0.0112. The molecule has 2 aliphatic rings. The molecule has 4 rings (SSSR count). The molecule has 204 valence electrons. The van der Waals surface area contributed by atoms with E-state index in [4.69, 9.17) is 9.47 Å². The number of benzene rings is 1. The summed E-state index contributed by atoms with van der Waals surface area (Å²) < 4.78 is 35.4. The quantitative estimate of drug-likeness (QED) is 0.314. The molecule has 11 heteroatoms. The smallest absolute Gasteiger partial charge is 0.302 e. The van der Waals surface area contributed by atoms with E-state index in [1.54, 1.807) is 29.6 Å². The molecule has 2 aromatic rings. The normalized spacial score (nSPS) is 16.4. The van der Waals surface area contributed by atoms with Gasteiger partial charge in [0.25, 0.3) is 5.91 Å². The first-order chi connectivity index (χ1) is 18.1. The number of esters is 2. The van der Waals surface area contributed by atoms with Crippen LogP contribution >= 0.6 is 11.3 Å². The maximum Gasteiger partial charge on any atom is 0.302 e. The Morgan fingerprint density at radius 2 is 1.63 bits per heavy atom. The third-order valence-electron chi connectivity index (χ3n) is 6.64. The van der Waals surface area contributed by atoms with Crippen LogP contribution in [0.2, 0.25) is 0 Å². The number of carbonyl (C=O) groups excluding carboxylic acids is 3. The van der Waals surface area contributed by atoms with Crippen molar-refractivity contribution in [2.45, 2.75) is 68.4 Å². The van der Waals surface area contributed by atoms with Crippen molar-refractivity contribution in [1.29, 1.82) is 0 Å². The number of sulfone groups is 1. The third kappa shape index (κ3) is 7.28. The summed E-state index contributed by atoms with van der Waals surface area (Å²) in [5.74, 6) is -1.46. The number of allylic oxidation sites excluding steroid dienone is 1. The van der Waals surface area contributed by atoms with Crippen molar-refractivity contribution in [3.05, 3.63) is 47.0 Å². The molecule has 1 aromatic carbocycles. The third-order valence-corrected chi connectivity index (χ3v) is 9.69. The summed E-state index contributed by atoms with van der Waals surface area (Å²) in [5, 5.41) is 4.64. The summed E-state index contributed by atoms with van der Waals surface area (Å²) in [6, 6.07) is 6.54. The number of carbonyl (C=O) groups is 3. The predicted octanol–water partition coefficient (Wildman–Crippen LogP) is 4.50. The second-order valence-electron chi connectivity index (χ2n) is 9.73. The lowest BCUT2D eigenvalue weighted by Crippen LogP contribution is -2.19. The lowest BCUT2D eigenvalue weighted by atomic mass is 9.98. The van der Waals surface area contributed by atoms with Crippen LogP contribution < -0.4 is 5.32 Å². The van der Waals surface area contributed by atoms with Crippen molar-refractivity contribution in [1.82, 2.24) is 4.98 Å². The number of ether oxygens (including phenoxy) is 2. The topological polar surface area (TPSA) is 129 Å². The molecule has 0 bridgehead atoms. The monoisotopic (exact) mass is 560 g/mol. The van der Waals surface area contributed by atoms with Crippen LogP contribution in [0.15, 0.2) is 40.6 Å². The first-order valence-electron chi connectivity index (χ1n) is 12.7. The van der Waals surface area contributed by atoms with Gasteiger partial charge in [0.05, 0.1) is 21.8 Å². The van der Waals surface area contributed by atoms with Crippen LogP contribution in [0.1, 0.15) is 69.5 Å². The fourth-order valence-electron chi connectivity index (χ4n) is 4.41. The zero-order chi connectivity index (χ0) is 27.3. The van der Waals surface area contributed by atoms with Gasteiger partial charge in [-0.3, -0.25) is 19.7 Å². The Bertz CT molecular complexity index is 1290. The number of thiazole rings is 1. The number of hydrogen-bond acceptors (Lipinski definition) is 9. The zero-order valence-corrected chi connectivity index (χ0v) is 23.1. The van der Waals surface area contributed by atoms with Crippen molar-refractivity contribution in [3.8, 4) is 0 Å². The van der Waals surface area contributed by atoms with Crippen molar-refractivity contribution in [2.75, 3.05) is 18.5 Å². The average Bonchev–Trinajstić information content (AvgIpc) is 3.44. The molecular formula is C27H32N2O7S2. The van der Waals surface area contributed by atoms with Gasteiger partial charge in [-0.2, -0.15) is 0 Å². The van der Waals surface area contributed by atoms with Gasteiger partial charge in [0.1, 0.15) is 13.2 Å². The average molecular weight is 561 g/mol. The van der Waals surface area contributed by atoms with E-state index in [0.29, 0.717) is 34.8 Å². The van der Waals surface area contributed by atoms with Gasteiger partial charge < -0.3 is 9.47 Å². The lowest BCUT2D eigenvalue weighted by Gasteiger charge is -2.14. The molecule has 2 fully saturated rings. The van der Waals surface area contributed by atoms with Crippen LogP contribution in [0.3, 0.4) is 0 Å². The summed E-state index contributed by atoms with van der Waals surface area (Å²) in [7, 11) is -3.32. The second kappa shape index (κ2) is 12.2. The summed E-state index contributed by atoms with van der Waals surface area (Å²) in [5.41, 5.74) is 1.65. The van der Waals surface area contributed by atoms with Crippen LogP contribution in [-0.4, -0.2) is 49.7 Å². The second-order valence-corrected chi connectivity index (χ2v) is 12.8. The fraction of sp³-hybridized carbons (Fsp3) is 0.481. The molecule has 0 radical (unpaired) electrons. The first kappa shape index (κ1) is 28.0. The molecule has 0 spiro atoms. The Kier molecular flexibility index (Phi) is 8.99. The molecule has 0 aliphatic heterocycles. The Labute approximate surface area is 226 Å². The Balaban J connectivity index is 1.53. The van der Waals surface area contributed by atoms with Gasteiger partial charge in [0, 0.05) is 24.8 Å². The highest BCUT2D eigenvalue weighted by atomic mass is 32.2. The van der Waals surface area contributed by atoms with E-state index in [1.165, 1.54) is 25.2 Å². The molecule has 9 nitrogen and oxygen atoms in total. The van der Waals surface area contributed by atoms with E-state index in [2.05, 4.69) is 10.3 Å². The van der Waals surface area contributed by atoms with Gasteiger partial charge in [0.15, 0.2) is 15.0 Å². The largest absolute Gasteiger partial charge is 0.465 e. The van der Waals surface area contributed by atoms with Crippen LogP contribution in [-0.2, 0) is 33.7 Å². The number of rotatable bonds is 11. The van der Waals surface area contributed by atoms with Gasteiger partial charge in [-0.05, 0) is 49.3 Å². The molecular weight excluding hydrogens is 528 g/mol. The highest BCUT2D eigenvalue weighted by Gasteiger charge is 2.36. The van der Waals surface area contributed by atoms with Crippen LogP contribution in [0, 0.1) is 5.92 Å². The van der Waals surface area contributed by atoms with Crippen molar-refractivity contribution in [3.63, 3.8) is 0 Å². The number of anilines is 1. The highest BCUT2D eigenvalue weighted by molar-refractivity contribution is 7.92. The molecule has 2 aliphatic carbocycles. The molecule has 1 heterocycles. The Hall–Kier alpha value is -3.05. The Morgan fingerprint density at radius 1 is 1.03 bits per heavy atom. The van der Waals surface area contributed by atoms with E-state index in [9.17, 15) is 22.8 Å². The number of aromatic nitrogens is 1. The Morgan fingerprint density at radius 3 is 2.18 bits per heavy atom. The number of hydrogen-bond donors (Lipinski definition) is 1. The maximum absolute atomic E-state index is 13.4. The number of amides is 1. The minimum Gasteiger partial charge on any atom is -0.465 e. The molecule has 1 aromatic heterocycles. The van der Waals surface area contributed by atoms with Crippen molar-refractivity contribution >= 4 is 49.7 Å². The molecule has 0 atom stereocenters. The summed E-state index contributed by atoms with van der Waals surface area (Å²) in [6.45, 7) is 2.56. The van der Waals surface area contributed by atoms with E-state index >= 15 is 0 Å². The number of nitrogens with zero attached hydrogens (tertiary/aromatic N) is 1. The van der Waals surface area contributed by atoms with Gasteiger partial charge in [-0.1, -0.05) is 31.1 Å². The van der Waals surface area contributed by atoms with Crippen LogP contribution in [0.4, 0.5) is 5.13 Å². The minimum atomic E-state index is -3.32. The van der Waals surface area contributed by atoms with E-state index in [0.717, 1.165) is 25.7 Å². The van der Waals surface area contributed by atoms with E-state index in [-0.39, 0.29) is 35.2 Å². The van der Waals surface area contributed by atoms with Gasteiger partial charge in [0.2, 0.25) is 0 Å². The molecule has 1 amide bonds. The van der Waals surface area contributed by atoms with E-state index < -0.39 is 27.7 Å². The van der Waals surface area contributed by atoms with Gasteiger partial charge in [-0.15, -0.1) is 11.3 Å². The zero-order valence-electron chi connectivity index (χ0n) is 21.5. The van der Waals surface area contributed by atoms with Crippen molar-refractivity contribution < 1.29 is 32.3 Å². The summed E-state index contributed by atoms with van der Waals surface area (Å²) in [6.07, 6.45) is 7.58. The van der Waals surface area contributed by atoms with Gasteiger partial charge >= 0.3 is 11.9 Å². The first-order valence-corrected chi connectivity index (χ1v) is 15.2.